The number of hydrogen-bond acceptors (Lipinski definition) is 4. The van der Waals surface area contributed by atoms with Crippen LogP contribution in [0.4, 0.5) is 0 Å². The lowest BCUT2D eigenvalue weighted by Gasteiger charge is -2.32. The first-order valence-corrected chi connectivity index (χ1v) is 8.61. The maximum Gasteiger partial charge on any atom is 0.303 e. The van der Waals surface area contributed by atoms with Crippen LogP contribution in [0.5, 0.6) is 0 Å². The van der Waals surface area contributed by atoms with E-state index in [4.69, 9.17) is 10.1 Å². The van der Waals surface area contributed by atoms with Crippen LogP contribution in [-0.4, -0.2) is 34.0 Å². The largest absolute Gasteiger partial charge is 0.481 e. The molecule has 0 radical (unpaired) electrons. The molecule has 2 heterocycles. The first-order chi connectivity index (χ1) is 9.84. The van der Waals surface area contributed by atoms with Crippen molar-refractivity contribution in [3.8, 4) is 0 Å². The summed E-state index contributed by atoms with van der Waals surface area (Å²) in [4.78, 5) is 17.9. The maximum atomic E-state index is 10.7. The first-order valence-electron chi connectivity index (χ1n) is 7.73. The predicted molar refractivity (Wildman–Crippen MR) is 85.7 cm³/mol. The lowest BCUT2D eigenvalue weighted by Crippen LogP contribution is -2.35. The van der Waals surface area contributed by atoms with Gasteiger partial charge >= 0.3 is 5.97 Å². The second-order valence-electron chi connectivity index (χ2n) is 7.07. The topological polar surface area (TPSA) is 53.4 Å². The molecule has 1 aromatic heterocycles. The van der Waals surface area contributed by atoms with E-state index in [-0.39, 0.29) is 5.41 Å². The molecule has 0 spiro atoms. The van der Waals surface area contributed by atoms with Crippen molar-refractivity contribution in [1.29, 1.82) is 0 Å². The summed E-state index contributed by atoms with van der Waals surface area (Å²) in [6.45, 7) is 9.59. The van der Waals surface area contributed by atoms with E-state index in [1.807, 2.05) is 0 Å². The molecule has 1 aliphatic heterocycles. The van der Waals surface area contributed by atoms with Gasteiger partial charge in [0, 0.05) is 30.3 Å². The average Bonchev–Trinajstić information content (AvgIpc) is 2.85. The van der Waals surface area contributed by atoms with Crippen LogP contribution in [0, 0.1) is 5.92 Å². The molecule has 1 fully saturated rings. The summed E-state index contributed by atoms with van der Waals surface area (Å²) in [6.07, 6.45) is 3.42. The Morgan fingerprint density at radius 1 is 1.52 bits per heavy atom. The fourth-order valence-electron chi connectivity index (χ4n) is 2.81. The van der Waals surface area contributed by atoms with Crippen LogP contribution in [0.1, 0.15) is 57.2 Å². The van der Waals surface area contributed by atoms with Crippen LogP contribution in [0.25, 0.3) is 0 Å². The Morgan fingerprint density at radius 3 is 2.90 bits per heavy atom. The van der Waals surface area contributed by atoms with Gasteiger partial charge in [0.2, 0.25) is 0 Å². The molecule has 1 N–H and O–H groups in total. The summed E-state index contributed by atoms with van der Waals surface area (Å²) in [5, 5.41) is 12.2. The highest BCUT2D eigenvalue weighted by Gasteiger charge is 2.22. The van der Waals surface area contributed by atoms with Gasteiger partial charge < -0.3 is 5.11 Å². The van der Waals surface area contributed by atoms with Crippen molar-refractivity contribution in [2.75, 3.05) is 13.1 Å². The van der Waals surface area contributed by atoms with E-state index in [0.717, 1.165) is 38.2 Å². The second-order valence-corrected chi connectivity index (χ2v) is 7.93. The van der Waals surface area contributed by atoms with Gasteiger partial charge in [0.1, 0.15) is 0 Å². The lowest BCUT2D eigenvalue weighted by atomic mass is 9.93. The van der Waals surface area contributed by atoms with Crippen LogP contribution in [0.15, 0.2) is 5.38 Å². The van der Waals surface area contributed by atoms with Crippen molar-refractivity contribution in [2.45, 2.75) is 58.4 Å². The van der Waals surface area contributed by atoms with Gasteiger partial charge in [-0.25, -0.2) is 4.98 Å². The van der Waals surface area contributed by atoms with Gasteiger partial charge in [-0.05, 0) is 31.7 Å². The van der Waals surface area contributed by atoms with Crippen LogP contribution >= 0.6 is 11.3 Å². The van der Waals surface area contributed by atoms with Crippen LogP contribution < -0.4 is 0 Å². The number of thiazole rings is 1. The van der Waals surface area contributed by atoms with E-state index in [0.29, 0.717) is 12.3 Å². The third kappa shape index (κ3) is 5.08. The number of carbonyl (C=O) groups is 1. The zero-order valence-corrected chi connectivity index (χ0v) is 14.1. The van der Waals surface area contributed by atoms with Crippen LogP contribution in [0.2, 0.25) is 0 Å². The van der Waals surface area contributed by atoms with Gasteiger partial charge in [0.05, 0.1) is 10.7 Å². The number of aromatic nitrogens is 1. The van der Waals surface area contributed by atoms with Gasteiger partial charge in [-0.1, -0.05) is 20.8 Å². The number of hydrogen-bond donors (Lipinski definition) is 1. The standard InChI is InChI=1S/C16H26N2O2S/c1-16(2,3)15-17-13(11-21-15)10-18-8-4-5-12(9-18)6-7-14(19)20/h11-12H,4-10H2,1-3H3,(H,19,20). The van der Waals surface area contributed by atoms with Crippen LogP contribution in [0.3, 0.4) is 0 Å². The molecule has 0 aromatic carbocycles. The number of carboxylic acids is 1. The Labute approximate surface area is 131 Å². The molecule has 21 heavy (non-hydrogen) atoms. The van der Waals surface area contributed by atoms with E-state index in [1.54, 1.807) is 11.3 Å². The molecular weight excluding hydrogens is 284 g/mol. The number of rotatable bonds is 5. The normalized spacial score (nSPS) is 20.6. The smallest absolute Gasteiger partial charge is 0.303 e. The van der Waals surface area contributed by atoms with Gasteiger partial charge in [0.25, 0.3) is 0 Å². The van der Waals surface area contributed by atoms with Crippen molar-refractivity contribution in [3.63, 3.8) is 0 Å². The Hall–Kier alpha value is -0.940. The van der Waals surface area contributed by atoms with Gasteiger partial charge in [0.15, 0.2) is 0 Å². The molecule has 0 bridgehead atoms. The lowest BCUT2D eigenvalue weighted by molar-refractivity contribution is -0.137. The van der Waals surface area contributed by atoms with E-state index in [1.165, 1.54) is 11.4 Å². The molecule has 1 aromatic rings. The molecule has 0 aliphatic carbocycles. The van der Waals surface area contributed by atoms with Crippen molar-refractivity contribution >= 4 is 17.3 Å². The molecule has 4 nitrogen and oxygen atoms in total. The fraction of sp³-hybridized carbons (Fsp3) is 0.750. The summed E-state index contributed by atoms with van der Waals surface area (Å²) in [7, 11) is 0. The molecule has 0 saturated carbocycles. The Balaban J connectivity index is 1.87. The van der Waals surface area contributed by atoms with Crippen molar-refractivity contribution in [3.05, 3.63) is 16.1 Å². The summed E-state index contributed by atoms with van der Waals surface area (Å²) in [5.41, 5.74) is 1.28. The Bertz CT molecular complexity index is 479. The highest BCUT2D eigenvalue weighted by molar-refractivity contribution is 7.09. The summed E-state index contributed by atoms with van der Waals surface area (Å²) in [6, 6.07) is 0. The van der Waals surface area contributed by atoms with Gasteiger partial charge in [-0.2, -0.15) is 0 Å². The van der Waals surface area contributed by atoms with Crippen LogP contribution in [-0.2, 0) is 16.8 Å². The van der Waals surface area contributed by atoms with E-state index >= 15 is 0 Å². The molecule has 1 unspecified atom stereocenters. The minimum Gasteiger partial charge on any atom is -0.481 e. The molecule has 1 aliphatic rings. The molecule has 118 valence electrons. The number of carboxylic acid groups (broad SMARTS) is 1. The zero-order valence-electron chi connectivity index (χ0n) is 13.3. The van der Waals surface area contributed by atoms with E-state index in [9.17, 15) is 4.79 Å². The predicted octanol–water partition coefficient (Wildman–Crippen LogP) is 3.52. The quantitative estimate of drug-likeness (QED) is 0.904. The molecule has 1 atom stereocenters. The van der Waals surface area contributed by atoms with Crippen molar-refractivity contribution < 1.29 is 9.90 Å². The molecule has 0 amide bonds. The molecular formula is C16H26N2O2S. The SMILES string of the molecule is CC(C)(C)c1nc(CN2CCCC(CCC(=O)O)C2)cs1. The van der Waals surface area contributed by atoms with Gasteiger partial charge in [-0.15, -0.1) is 11.3 Å². The molecule has 2 rings (SSSR count). The number of nitrogens with zero attached hydrogens (tertiary/aromatic N) is 2. The van der Waals surface area contributed by atoms with Crippen molar-refractivity contribution in [2.24, 2.45) is 5.92 Å². The molecule has 5 heteroatoms. The van der Waals surface area contributed by atoms with E-state index < -0.39 is 5.97 Å². The third-order valence-corrected chi connectivity index (χ3v) is 5.27. The minimum atomic E-state index is -0.679. The third-order valence-electron chi connectivity index (χ3n) is 3.95. The maximum absolute atomic E-state index is 10.7. The first kappa shape index (κ1) is 16.4. The van der Waals surface area contributed by atoms with E-state index in [2.05, 4.69) is 31.1 Å². The van der Waals surface area contributed by atoms with Gasteiger partial charge in [-0.3, -0.25) is 9.69 Å². The molecule has 1 saturated heterocycles. The second kappa shape index (κ2) is 6.88. The highest BCUT2D eigenvalue weighted by Crippen LogP contribution is 2.27. The highest BCUT2D eigenvalue weighted by atomic mass is 32.1. The summed E-state index contributed by atoms with van der Waals surface area (Å²) >= 11 is 1.74. The number of aliphatic carboxylic acids is 1. The number of piperidine rings is 1. The average molecular weight is 310 g/mol. The Kier molecular flexibility index (Phi) is 5.38. The minimum absolute atomic E-state index is 0.120. The summed E-state index contributed by atoms with van der Waals surface area (Å²) < 4.78 is 0. The van der Waals surface area contributed by atoms with Crippen molar-refractivity contribution in [1.82, 2.24) is 9.88 Å². The summed E-state index contributed by atoms with van der Waals surface area (Å²) in [5.74, 6) is -0.156. The monoisotopic (exact) mass is 310 g/mol. The Morgan fingerprint density at radius 2 is 2.29 bits per heavy atom. The fourth-order valence-corrected chi connectivity index (χ4v) is 3.71. The number of likely N-dealkylation sites (tertiary alicyclic amines) is 1. The zero-order chi connectivity index (χ0) is 15.5.